The van der Waals surface area contributed by atoms with Crippen molar-refractivity contribution in [2.24, 2.45) is 0 Å². The molecule has 23 heavy (non-hydrogen) atoms. The molecule has 1 aromatic heterocycles. The first-order valence-electron chi connectivity index (χ1n) is 7.48. The summed E-state index contributed by atoms with van der Waals surface area (Å²) in [5, 5.41) is 11.8. The summed E-state index contributed by atoms with van der Waals surface area (Å²) in [6.45, 7) is 7.68. The fraction of sp³-hybridized carbons (Fsp3) is 0.333. The molecule has 0 aliphatic carbocycles. The van der Waals surface area contributed by atoms with Crippen molar-refractivity contribution >= 4 is 5.91 Å². The van der Waals surface area contributed by atoms with Crippen LogP contribution >= 0.6 is 0 Å². The summed E-state index contributed by atoms with van der Waals surface area (Å²) in [6.07, 6.45) is 3.05. The number of aromatic nitrogens is 2. The minimum absolute atomic E-state index is 0.00785. The van der Waals surface area contributed by atoms with Gasteiger partial charge in [-0.2, -0.15) is 5.26 Å². The summed E-state index contributed by atoms with van der Waals surface area (Å²) < 4.78 is 0. The van der Waals surface area contributed by atoms with Crippen molar-refractivity contribution < 1.29 is 4.79 Å². The summed E-state index contributed by atoms with van der Waals surface area (Å²) in [6, 6.07) is 9.69. The van der Waals surface area contributed by atoms with Crippen LogP contribution in [0.5, 0.6) is 0 Å². The van der Waals surface area contributed by atoms with E-state index in [1.165, 1.54) is 6.20 Å². The van der Waals surface area contributed by atoms with Gasteiger partial charge in [0.05, 0.1) is 23.5 Å². The van der Waals surface area contributed by atoms with Crippen molar-refractivity contribution in [2.45, 2.75) is 39.2 Å². The molecule has 0 spiro atoms. The second-order valence-electron chi connectivity index (χ2n) is 6.23. The van der Waals surface area contributed by atoms with E-state index in [9.17, 15) is 4.79 Å². The summed E-state index contributed by atoms with van der Waals surface area (Å²) in [5.74, 6) is -0.00785. The summed E-state index contributed by atoms with van der Waals surface area (Å²) in [5.41, 5.74) is 2.08. The van der Waals surface area contributed by atoms with Crippen molar-refractivity contribution in [3.05, 3.63) is 47.9 Å². The van der Waals surface area contributed by atoms with E-state index in [2.05, 4.69) is 15.3 Å². The second kappa shape index (κ2) is 6.57. The average molecular weight is 308 g/mol. The van der Waals surface area contributed by atoms with E-state index in [-0.39, 0.29) is 17.6 Å². The van der Waals surface area contributed by atoms with Crippen molar-refractivity contribution in [2.75, 3.05) is 0 Å². The third-order valence-corrected chi connectivity index (χ3v) is 3.64. The van der Waals surface area contributed by atoms with E-state index >= 15 is 0 Å². The molecule has 0 saturated carbocycles. The van der Waals surface area contributed by atoms with Crippen LogP contribution in [0.4, 0.5) is 0 Å². The highest BCUT2D eigenvalue weighted by Gasteiger charge is 2.29. The molecular formula is C18H20N4O. The molecule has 0 unspecified atom stereocenters. The van der Waals surface area contributed by atoms with Gasteiger partial charge in [-0.3, -0.25) is 9.78 Å². The number of nitrogens with one attached hydrogen (secondary N) is 1. The van der Waals surface area contributed by atoms with Crippen LogP contribution in [-0.2, 0) is 10.2 Å². The number of benzene rings is 1. The molecule has 0 atom stereocenters. The SMILES string of the molecule is CC(C)NC(=O)C(C)(C)c1ccc(-c2cncc(C#N)n2)cc1. The second-order valence-corrected chi connectivity index (χ2v) is 6.23. The predicted molar refractivity (Wildman–Crippen MR) is 88.5 cm³/mol. The summed E-state index contributed by atoms with van der Waals surface area (Å²) in [4.78, 5) is 20.6. The van der Waals surface area contributed by atoms with E-state index in [0.29, 0.717) is 5.69 Å². The average Bonchev–Trinajstić information content (AvgIpc) is 2.54. The zero-order chi connectivity index (χ0) is 17.0. The molecule has 2 rings (SSSR count). The van der Waals surface area contributed by atoms with E-state index < -0.39 is 5.41 Å². The Bertz CT molecular complexity index is 742. The molecule has 0 fully saturated rings. The Hall–Kier alpha value is -2.74. The van der Waals surface area contributed by atoms with Gasteiger partial charge in [-0.15, -0.1) is 0 Å². The third kappa shape index (κ3) is 3.72. The molecule has 0 aliphatic rings. The minimum atomic E-state index is -0.622. The predicted octanol–water partition coefficient (Wildman–Crippen LogP) is 2.82. The zero-order valence-electron chi connectivity index (χ0n) is 13.8. The van der Waals surface area contributed by atoms with Gasteiger partial charge < -0.3 is 5.32 Å². The van der Waals surface area contributed by atoms with Gasteiger partial charge in [-0.1, -0.05) is 24.3 Å². The van der Waals surface area contributed by atoms with E-state index in [1.54, 1.807) is 6.20 Å². The highest BCUT2D eigenvalue weighted by Crippen LogP contribution is 2.26. The van der Waals surface area contributed by atoms with Gasteiger partial charge in [0.15, 0.2) is 5.69 Å². The van der Waals surface area contributed by atoms with Gasteiger partial charge in [-0.05, 0) is 33.3 Å². The normalized spacial score (nSPS) is 11.1. The first-order chi connectivity index (χ1) is 10.8. The maximum absolute atomic E-state index is 12.3. The zero-order valence-corrected chi connectivity index (χ0v) is 13.8. The number of nitriles is 1. The summed E-state index contributed by atoms with van der Waals surface area (Å²) >= 11 is 0. The van der Waals surface area contributed by atoms with Gasteiger partial charge in [-0.25, -0.2) is 4.98 Å². The lowest BCUT2D eigenvalue weighted by molar-refractivity contribution is -0.126. The van der Waals surface area contributed by atoms with Crippen molar-refractivity contribution in [1.29, 1.82) is 5.26 Å². The molecule has 1 amide bonds. The number of hydrogen-bond donors (Lipinski definition) is 1. The van der Waals surface area contributed by atoms with Gasteiger partial charge in [0.1, 0.15) is 6.07 Å². The van der Waals surface area contributed by atoms with Gasteiger partial charge >= 0.3 is 0 Å². The Labute approximate surface area is 136 Å². The lowest BCUT2D eigenvalue weighted by atomic mass is 9.83. The quantitative estimate of drug-likeness (QED) is 0.942. The van der Waals surface area contributed by atoms with Gasteiger partial charge in [0.25, 0.3) is 0 Å². The molecule has 1 aromatic carbocycles. The molecule has 118 valence electrons. The van der Waals surface area contributed by atoms with Gasteiger partial charge in [0, 0.05) is 11.6 Å². The van der Waals surface area contributed by atoms with Crippen LogP contribution in [0.2, 0.25) is 0 Å². The molecule has 5 heteroatoms. The highest BCUT2D eigenvalue weighted by atomic mass is 16.2. The number of hydrogen-bond acceptors (Lipinski definition) is 4. The van der Waals surface area contributed by atoms with E-state index in [4.69, 9.17) is 5.26 Å². The summed E-state index contributed by atoms with van der Waals surface area (Å²) in [7, 11) is 0. The molecule has 1 heterocycles. The molecule has 0 saturated heterocycles. The number of nitrogens with zero attached hydrogens (tertiary/aromatic N) is 3. The van der Waals surface area contributed by atoms with Gasteiger partial charge in [0.2, 0.25) is 5.91 Å². The third-order valence-electron chi connectivity index (χ3n) is 3.64. The monoisotopic (exact) mass is 308 g/mol. The van der Waals surface area contributed by atoms with Crippen LogP contribution in [0.1, 0.15) is 39.0 Å². The van der Waals surface area contributed by atoms with Crippen molar-refractivity contribution in [1.82, 2.24) is 15.3 Å². The molecular weight excluding hydrogens is 288 g/mol. The first kappa shape index (κ1) is 16.6. The van der Waals surface area contributed by atoms with Crippen LogP contribution in [0.15, 0.2) is 36.7 Å². The van der Waals surface area contributed by atoms with Crippen LogP contribution in [0.3, 0.4) is 0 Å². The number of amides is 1. The molecule has 0 bridgehead atoms. The fourth-order valence-electron chi connectivity index (χ4n) is 2.19. The number of rotatable bonds is 4. The van der Waals surface area contributed by atoms with Crippen LogP contribution in [-0.4, -0.2) is 21.9 Å². The van der Waals surface area contributed by atoms with Crippen LogP contribution < -0.4 is 5.32 Å². The fourth-order valence-corrected chi connectivity index (χ4v) is 2.19. The topological polar surface area (TPSA) is 78.7 Å². The maximum atomic E-state index is 12.3. The molecule has 0 aliphatic heterocycles. The maximum Gasteiger partial charge on any atom is 0.230 e. The largest absolute Gasteiger partial charge is 0.353 e. The van der Waals surface area contributed by atoms with Crippen molar-refractivity contribution in [3.63, 3.8) is 0 Å². The van der Waals surface area contributed by atoms with E-state index in [0.717, 1.165) is 11.1 Å². The molecule has 5 nitrogen and oxygen atoms in total. The van der Waals surface area contributed by atoms with Crippen LogP contribution in [0, 0.1) is 11.3 Å². The van der Waals surface area contributed by atoms with E-state index in [1.807, 2.05) is 58.0 Å². The molecule has 0 radical (unpaired) electrons. The standard InChI is InChI=1S/C18H20N4O/c1-12(2)21-17(23)18(3,4)14-7-5-13(6-8-14)16-11-20-10-15(9-19)22-16/h5-8,10-12H,1-4H3,(H,21,23). The minimum Gasteiger partial charge on any atom is -0.353 e. The molecule has 1 N–H and O–H groups in total. The van der Waals surface area contributed by atoms with Crippen LogP contribution in [0.25, 0.3) is 11.3 Å². The first-order valence-corrected chi connectivity index (χ1v) is 7.48. The Morgan fingerprint density at radius 1 is 1.22 bits per heavy atom. The Balaban J connectivity index is 2.28. The van der Waals surface area contributed by atoms with Crippen molar-refractivity contribution in [3.8, 4) is 17.3 Å². The number of carbonyl (C=O) groups excluding carboxylic acids is 1. The molecule has 2 aromatic rings. The smallest absolute Gasteiger partial charge is 0.230 e. The Morgan fingerprint density at radius 2 is 1.87 bits per heavy atom. The lowest BCUT2D eigenvalue weighted by Crippen LogP contribution is -2.43. The lowest BCUT2D eigenvalue weighted by Gasteiger charge is -2.25. The highest BCUT2D eigenvalue weighted by molar-refractivity contribution is 5.87. The number of carbonyl (C=O) groups is 1. The Kier molecular flexibility index (Phi) is 4.75. The Morgan fingerprint density at radius 3 is 2.43 bits per heavy atom.